The molecule has 0 atom stereocenters. The Morgan fingerprint density at radius 1 is 1.23 bits per heavy atom. The van der Waals surface area contributed by atoms with Gasteiger partial charge in [-0.05, 0) is 31.0 Å². The number of nitrogens with zero attached hydrogens (tertiary/aromatic N) is 1. The molecule has 0 aromatic heterocycles. The second kappa shape index (κ2) is 11.7. The molecule has 150 valence electrons. The lowest BCUT2D eigenvalue weighted by atomic mass is 9.85. The largest absolute Gasteiger partial charge is 0.357 e. The van der Waals surface area contributed by atoms with Gasteiger partial charge in [-0.1, -0.05) is 26.0 Å². The number of benzene rings is 1. The van der Waals surface area contributed by atoms with Crippen molar-refractivity contribution in [2.24, 2.45) is 4.99 Å². The summed E-state index contributed by atoms with van der Waals surface area (Å²) in [7, 11) is -3.15. The van der Waals surface area contributed by atoms with Crippen molar-refractivity contribution in [1.29, 1.82) is 0 Å². The van der Waals surface area contributed by atoms with Crippen LogP contribution in [0.5, 0.6) is 0 Å². The first-order valence-electron chi connectivity index (χ1n) is 8.37. The summed E-state index contributed by atoms with van der Waals surface area (Å²) in [6.45, 7) is 8.19. The zero-order chi connectivity index (χ0) is 18.9. The number of halogens is 2. The van der Waals surface area contributed by atoms with E-state index in [2.05, 4.69) is 20.3 Å². The maximum atomic E-state index is 13.4. The van der Waals surface area contributed by atoms with E-state index in [1.807, 2.05) is 26.8 Å². The van der Waals surface area contributed by atoms with Gasteiger partial charge in [0.05, 0.1) is 12.8 Å². The molecule has 0 aliphatic carbocycles. The zero-order valence-corrected chi connectivity index (χ0v) is 18.9. The first kappa shape index (κ1) is 25.1. The number of aliphatic imine (C=N–C) groups is 1. The van der Waals surface area contributed by atoms with Crippen LogP contribution in [-0.4, -0.2) is 46.8 Å². The molecule has 0 saturated heterocycles. The van der Waals surface area contributed by atoms with Crippen molar-refractivity contribution in [3.63, 3.8) is 0 Å². The van der Waals surface area contributed by atoms with E-state index in [1.165, 1.54) is 12.1 Å². The average molecular weight is 500 g/mol. The monoisotopic (exact) mass is 500 g/mol. The molecule has 26 heavy (non-hydrogen) atoms. The molecule has 0 fully saturated rings. The number of rotatable bonds is 9. The second-order valence-corrected chi connectivity index (χ2v) is 8.37. The standard InChI is InChI=1S/C17H29FN4O2S.HI/c1-5-19-16(20-10-7-11-22-25(4,23)24)21-13-17(2,3)14-8-6-9-15(18)12-14;/h6,8-9,12,22H,5,7,10-11,13H2,1-4H3,(H2,19,20,21);1H. The van der Waals surface area contributed by atoms with Crippen molar-refractivity contribution in [3.05, 3.63) is 35.6 Å². The van der Waals surface area contributed by atoms with E-state index in [9.17, 15) is 12.8 Å². The molecule has 0 aliphatic rings. The van der Waals surface area contributed by atoms with E-state index < -0.39 is 10.0 Å². The van der Waals surface area contributed by atoms with Gasteiger partial charge < -0.3 is 10.6 Å². The Morgan fingerprint density at radius 3 is 2.50 bits per heavy atom. The van der Waals surface area contributed by atoms with E-state index in [-0.39, 0.29) is 35.2 Å². The van der Waals surface area contributed by atoms with Crippen LogP contribution in [0, 0.1) is 5.82 Å². The molecule has 1 rings (SSSR count). The molecule has 1 aromatic carbocycles. The van der Waals surface area contributed by atoms with Gasteiger partial charge in [0.25, 0.3) is 0 Å². The molecule has 0 spiro atoms. The summed E-state index contributed by atoms with van der Waals surface area (Å²) in [6.07, 6.45) is 1.78. The van der Waals surface area contributed by atoms with Gasteiger partial charge in [-0.2, -0.15) is 0 Å². The first-order chi connectivity index (χ1) is 11.6. The molecule has 0 unspecified atom stereocenters. The number of hydrogen-bond acceptors (Lipinski definition) is 3. The van der Waals surface area contributed by atoms with Crippen molar-refractivity contribution in [2.75, 3.05) is 32.4 Å². The molecule has 0 radical (unpaired) electrons. The van der Waals surface area contributed by atoms with Crippen molar-refractivity contribution >= 4 is 40.0 Å². The van der Waals surface area contributed by atoms with E-state index in [0.29, 0.717) is 38.6 Å². The summed E-state index contributed by atoms with van der Waals surface area (Å²) in [5.74, 6) is 0.407. The lowest BCUT2D eigenvalue weighted by Gasteiger charge is -2.24. The van der Waals surface area contributed by atoms with Crippen LogP contribution in [0.15, 0.2) is 29.3 Å². The lowest BCUT2D eigenvalue weighted by molar-refractivity contribution is 0.529. The lowest BCUT2D eigenvalue weighted by Crippen LogP contribution is -2.39. The molecule has 0 heterocycles. The molecule has 0 saturated carbocycles. The van der Waals surface area contributed by atoms with E-state index in [1.54, 1.807) is 6.07 Å². The highest BCUT2D eigenvalue weighted by atomic mass is 127. The van der Waals surface area contributed by atoms with E-state index in [0.717, 1.165) is 11.8 Å². The molecular weight excluding hydrogens is 470 g/mol. The predicted octanol–water partition coefficient (Wildman–Crippen LogP) is 2.22. The highest BCUT2D eigenvalue weighted by molar-refractivity contribution is 14.0. The minimum Gasteiger partial charge on any atom is -0.357 e. The summed E-state index contributed by atoms with van der Waals surface area (Å²) in [6, 6.07) is 6.57. The first-order valence-corrected chi connectivity index (χ1v) is 10.3. The van der Waals surface area contributed by atoms with Crippen molar-refractivity contribution < 1.29 is 12.8 Å². The Morgan fingerprint density at radius 2 is 1.92 bits per heavy atom. The molecule has 0 aliphatic heterocycles. The third kappa shape index (κ3) is 10.3. The van der Waals surface area contributed by atoms with Gasteiger partial charge in [0, 0.05) is 25.0 Å². The Bertz CT molecular complexity index is 681. The predicted molar refractivity (Wildman–Crippen MR) is 116 cm³/mol. The van der Waals surface area contributed by atoms with Gasteiger partial charge in [-0.25, -0.2) is 17.5 Å². The number of guanidine groups is 1. The minimum absolute atomic E-state index is 0. The summed E-state index contributed by atoms with van der Waals surface area (Å²) < 4.78 is 37.9. The van der Waals surface area contributed by atoms with Gasteiger partial charge >= 0.3 is 0 Å². The van der Waals surface area contributed by atoms with Gasteiger partial charge in [0.15, 0.2) is 5.96 Å². The quantitative estimate of drug-likeness (QED) is 0.210. The fraction of sp³-hybridized carbons (Fsp3) is 0.588. The van der Waals surface area contributed by atoms with Crippen LogP contribution in [0.1, 0.15) is 32.8 Å². The second-order valence-electron chi connectivity index (χ2n) is 6.54. The molecule has 1 aromatic rings. The topological polar surface area (TPSA) is 82.6 Å². The van der Waals surface area contributed by atoms with Gasteiger partial charge in [0.1, 0.15) is 5.82 Å². The maximum absolute atomic E-state index is 13.4. The van der Waals surface area contributed by atoms with E-state index >= 15 is 0 Å². The summed E-state index contributed by atoms with van der Waals surface area (Å²) in [5, 5.41) is 6.32. The third-order valence-electron chi connectivity index (χ3n) is 3.59. The van der Waals surface area contributed by atoms with Crippen LogP contribution in [0.3, 0.4) is 0 Å². The Labute approximate surface area is 173 Å². The molecule has 0 amide bonds. The minimum atomic E-state index is -3.15. The molecular formula is C17H30FIN4O2S. The molecule has 0 bridgehead atoms. The van der Waals surface area contributed by atoms with Crippen molar-refractivity contribution in [1.82, 2.24) is 15.4 Å². The Kier molecular flexibility index (Phi) is 11.3. The van der Waals surface area contributed by atoms with Crippen LogP contribution < -0.4 is 15.4 Å². The molecule has 3 N–H and O–H groups in total. The Balaban J connectivity index is 0.00000625. The number of hydrogen-bond donors (Lipinski definition) is 3. The highest BCUT2D eigenvalue weighted by Crippen LogP contribution is 2.24. The van der Waals surface area contributed by atoms with Gasteiger partial charge in [0.2, 0.25) is 10.0 Å². The molecule has 6 nitrogen and oxygen atoms in total. The fourth-order valence-electron chi connectivity index (χ4n) is 2.17. The van der Waals surface area contributed by atoms with Gasteiger partial charge in [-0.15, -0.1) is 24.0 Å². The van der Waals surface area contributed by atoms with E-state index in [4.69, 9.17) is 0 Å². The SMILES string of the molecule is CCNC(=NCC(C)(C)c1cccc(F)c1)NCCCNS(C)(=O)=O.I. The Hall–Kier alpha value is -0.940. The summed E-state index contributed by atoms with van der Waals surface area (Å²) in [5.41, 5.74) is 0.590. The number of nitrogens with one attached hydrogen (secondary N) is 3. The van der Waals surface area contributed by atoms with Crippen LogP contribution in [0.2, 0.25) is 0 Å². The average Bonchev–Trinajstić information content (AvgIpc) is 2.51. The zero-order valence-electron chi connectivity index (χ0n) is 15.8. The summed E-state index contributed by atoms with van der Waals surface area (Å²) >= 11 is 0. The van der Waals surface area contributed by atoms with Crippen LogP contribution >= 0.6 is 24.0 Å². The molecule has 9 heteroatoms. The fourth-order valence-corrected chi connectivity index (χ4v) is 2.69. The van der Waals surface area contributed by atoms with Crippen molar-refractivity contribution in [3.8, 4) is 0 Å². The van der Waals surface area contributed by atoms with Crippen LogP contribution in [-0.2, 0) is 15.4 Å². The third-order valence-corrected chi connectivity index (χ3v) is 4.32. The smallest absolute Gasteiger partial charge is 0.208 e. The highest BCUT2D eigenvalue weighted by Gasteiger charge is 2.21. The van der Waals surface area contributed by atoms with Crippen molar-refractivity contribution in [2.45, 2.75) is 32.6 Å². The normalized spacial score (nSPS) is 12.4. The maximum Gasteiger partial charge on any atom is 0.208 e. The van der Waals surface area contributed by atoms with Crippen LogP contribution in [0.25, 0.3) is 0 Å². The summed E-state index contributed by atoms with van der Waals surface area (Å²) in [4.78, 5) is 4.57. The number of sulfonamides is 1. The van der Waals surface area contributed by atoms with Gasteiger partial charge in [-0.3, -0.25) is 4.99 Å². The van der Waals surface area contributed by atoms with Crippen LogP contribution in [0.4, 0.5) is 4.39 Å².